The lowest BCUT2D eigenvalue weighted by atomic mass is 9.98. The van der Waals surface area contributed by atoms with Gasteiger partial charge in [0.1, 0.15) is 34.3 Å². The zero-order chi connectivity index (χ0) is 61.4. The van der Waals surface area contributed by atoms with Crippen molar-refractivity contribution < 1.29 is 85.8 Å². The number of carbonyl (C=O) groups excluding carboxylic acids is 3. The molecule has 4 aromatic carbocycles. The van der Waals surface area contributed by atoms with E-state index in [0.29, 0.717) is 12.0 Å². The molecule has 13 nitrogen and oxygen atoms in total. The number of aryl methyl sites for hydroxylation is 1. The lowest BCUT2D eigenvalue weighted by Crippen LogP contribution is -2.42. The van der Waals surface area contributed by atoms with Gasteiger partial charge >= 0.3 is 18.3 Å². The number of carboxylic acids is 1. The molecule has 2 aliphatic heterocycles. The van der Waals surface area contributed by atoms with Crippen LogP contribution in [0.15, 0.2) is 137 Å². The van der Waals surface area contributed by atoms with Crippen molar-refractivity contribution in [3.8, 4) is 22.3 Å². The Bertz CT molecular complexity index is 3740. The monoisotopic (exact) mass is 1190 g/mol. The summed E-state index contributed by atoms with van der Waals surface area (Å²) in [4.78, 5) is 57.8. The minimum atomic E-state index is -4.85. The van der Waals surface area contributed by atoms with Crippen LogP contribution in [0.5, 0.6) is 0 Å². The van der Waals surface area contributed by atoms with Gasteiger partial charge in [0, 0.05) is 122 Å². The molecule has 3 amide bonds. The Hall–Kier alpha value is -9.00. The Kier molecular flexibility index (Phi) is 18.9. The number of benzene rings is 4. The number of hydrogen-bond donors (Lipinski definition) is 3. The highest BCUT2D eigenvalue weighted by Crippen LogP contribution is 2.42. The molecule has 2 fully saturated rings. The normalized spacial score (nSPS) is 15.0. The van der Waals surface area contributed by atoms with Crippen molar-refractivity contribution in [3.05, 3.63) is 184 Å². The Morgan fingerprint density at radius 2 is 1.11 bits per heavy atom. The van der Waals surface area contributed by atoms with Crippen LogP contribution in [0.1, 0.15) is 86.6 Å². The summed E-state index contributed by atoms with van der Waals surface area (Å²) in [7, 11) is 0. The molecule has 0 spiro atoms. The van der Waals surface area contributed by atoms with Crippen LogP contribution in [0.2, 0.25) is 0 Å². The van der Waals surface area contributed by atoms with E-state index in [1.165, 1.54) is 70.5 Å². The molecule has 446 valence electrons. The maximum atomic E-state index is 15.2. The number of pyridine rings is 2. The second-order valence-electron chi connectivity index (χ2n) is 19.8. The molecule has 10 rings (SSSR count). The Morgan fingerprint density at radius 3 is 1.53 bits per heavy atom. The highest BCUT2D eigenvalue weighted by Gasteiger charge is 2.39. The fourth-order valence-electron chi connectivity index (χ4n) is 9.21. The molecule has 0 aliphatic carbocycles. The van der Waals surface area contributed by atoms with E-state index in [9.17, 15) is 67.5 Å². The predicted molar refractivity (Wildman–Crippen MR) is 287 cm³/mol. The number of piperidine rings is 2. The number of halogens is 12. The van der Waals surface area contributed by atoms with Gasteiger partial charge in [-0.2, -0.15) is 26.3 Å². The molecule has 0 atom stereocenters. The average Bonchev–Trinajstić information content (AvgIpc) is 3.38. The lowest BCUT2D eigenvalue weighted by molar-refractivity contribution is -0.137. The molecule has 85 heavy (non-hydrogen) atoms. The quantitative estimate of drug-likeness (QED) is 0.0785. The Labute approximate surface area is 475 Å². The lowest BCUT2D eigenvalue weighted by Gasteiger charge is -2.31. The van der Waals surface area contributed by atoms with Crippen molar-refractivity contribution in [1.29, 1.82) is 0 Å². The van der Waals surface area contributed by atoms with E-state index >= 15 is 4.39 Å². The van der Waals surface area contributed by atoms with Crippen molar-refractivity contribution in [2.45, 2.75) is 75.8 Å². The summed E-state index contributed by atoms with van der Waals surface area (Å²) >= 11 is 0. The van der Waals surface area contributed by atoms with E-state index in [1.54, 1.807) is 43.0 Å². The van der Waals surface area contributed by atoms with Crippen LogP contribution in [-0.4, -0.2) is 86.6 Å². The first-order chi connectivity index (χ1) is 40.2. The number of fused-ring (bicyclic) bond motifs is 2. The van der Waals surface area contributed by atoms with Gasteiger partial charge in [-0.05, 0) is 108 Å². The van der Waals surface area contributed by atoms with Gasteiger partial charge in [-0.1, -0.05) is 24.3 Å². The van der Waals surface area contributed by atoms with Crippen molar-refractivity contribution >= 4 is 51.7 Å². The number of nitrogens with two attached hydrogens (primary N) is 1. The van der Waals surface area contributed by atoms with Gasteiger partial charge in [-0.3, -0.25) is 29.1 Å². The fourth-order valence-corrected chi connectivity index (χ4v) is 9.21. The smallest absolute Gasteiger partial charge is 0.420 e. The number of nitrogens with one attached hydrogen (secondary N) is 1. The highest BCUT2D eigenvalue weighted by molar-refractivity contribution is 5.97. The van der Waals surface area contributed by atoms with E-state index in [1.807, 2.05) is 6.07 Å². The largest absolute Gasteiger partial charge is 0.481 e. The first-order valence-electron chi connectivity index (χ1n) is 26.0. The van der Waals surface area contributed by atoms with Crippen LogP contribution < -0.4 is 11.1 Å². The molecule has 0 unspecified atom stereocenters. The Morgan fingerprint density at radius 1 is 0.635 bits per heavy atom. The number of aromatic nitrogens is 2. The second-order valence-corrected chi connectivity index (χ2v) is 19.8. The van der Waals surface area contributed by atoms with Crippen LogP contribution >= 0.6 is 0 Å². The number of hydrogen-bond acceptors (Lipinski definition) is 9. The molecule has 2 aliphatic rings. The van der Waals surface area contributed by atoms with Crippen LogP contribution in [0.3, 0.4) is 0 Å². The number of carboxylic acid groups (broad SMARTS) is 1. The standard InChI is InChI=1S/C30H23F6N3O3.C22H18F6N2O2.C8H9NO2/c31-25-15-19(28(41)39-10-7-29(32,33)8-11-39)4-5-23(25)20-12-21-13-22(42-27(21)24(14-20)30(34,35)36)17-38-26(40)6-3-18-2-1-9-37-16-18;23-18-10-12(20(31)30-5-3-21(24,25)4-6-30)1-2-16(18)13-7-14-8-15(11-29)32-19(14)17(9-13)22(26,27)28;10-8(11)4-3-7-2-1-5-9-6-7/h1-6,9,12-16H,7-8,10-11,17H2,(H,38,40);1-2,7-10H,3-6,11,29H2;1-2,5-6H,3-4H2,(H,10,11)/b6-3+;;. The third kappa shape index (κ3) is 16.0. The van der Waals surface area contributed by atoms with Crippen LogP contribution in [0, 0.1) is 11.6 Å². The molecule has 0 bridgehead atoms. The molecule has 25 heteroatoms. The maximum Gasteiger partial charge on any atom is 0.420 e. The molecule has 0 saturated carbocycles. The van der Waals surface area contributed by atoms with Crippen molar-refractivity contribution in [1.82, 2.24) is 25.1 Å². The second kappa shape index (κ2) is 25.9. The first kappa shape index (κ1) is 62.1. The van der Waals surface area contributed by atoms with E-state index in [0.717, 1.165) is 29.8 Å². The molecule has 4 N–H and O–H groups in total. The van der Waals surface area contributed by atoms with E-state index in [2.05, 4.69) is 15.3 Å². The predicted octanol–water partition coefficient (Wildman–Crippen LogP) is 13.5. The number of likely N-dealkylation sites (tertiary alicyclic amines) is 2. The van der Waals surface area contributed by atoms with Crippen LogP contribution in [-0.2, 0) is 41.5 Å². The van der Waals surface area contributed by atoms with Crippen LogP contribution in [0.4, 0.5) is 52.7 Å². The summed E-state index contributed by atoms with van der Waals surface area (Å²) in [6.45, 7) is -1.01. The van der Waals surface area contributed by atoms with Gasteiger partial charge in [-0.25, -0.2) is 26.3 Å². The highest BCUT2D eigenvalue weighted by atomic mass is 19.4. The minimum absolute atomic E-state index is 0.0313. The molecule has 2 saturated heterocycles. The molecule has 0 radical (unpaired) electrons. The maximum absolute atomic E-state index is 15.2. The summed E-state index contributed by atoms with van der Waals surface area (Å²) in [5.74, 6) is -9.90. The topological polar surface area (TPSA) is 185 Å². The third-order valence-corrected chi connectivity index (χ3v) is 13.7. The summed E-state index contributed by atoms with van der Waals surface area (Å²) in [6.07, 6.45) is -1.57. The van der Waals surface area contributed by atoms with Gasteiger partial charge < -0.3 is 34.8 Å². The van der Waals surface area contributed by atoms with Gasteiger partial charge in [0.05, 0.1) is 24.2 Å². The Balaban J connectivity index is 0.000000192. The average molecular weight is 1200 g/mol. The van der Waals surface area contributed by atoms with Gasteiger partial charge in [-0.15, -0.1) is 0 Å². The number of amides is 3. The zero-order valence-electron chi connectivity index (χ0n) is 44.5. The summed E-state index contributed by atoms with van der Waals surface area (Å²) < 4.78 is 177. The van der Waals surface area contributed by atoms with Crippen LogP contribution in [0.25, 0.3) is 50.3 Å². The minimum Gasteiger partial charge on any atom is -0.481 e. The summed E-state index contributed by atoms with van der Waals surface area (Å²) in [6, 6.07) is 20.7. The fraction of sp³-hybridized carbons (Fsp3) is 0.267. The molecule has 6 heterocycles. The number of carbonyl (C=O) groups is 4. The molecular weight excluding hydrogens is 1140 g/mol. The van der Waals surface area contributed by atoms with Gasteiger partial charge in [0.2, 0.25) is 5.91 Å². The zero-order valence-corrected chi connectivity index (χ0v) is 44.5. The SMILES string of the molecule is NCc1cc2cc(-c3ccc(C(=O)N4CCC(F)(F)CC4)cc3F)cc(C(F)(F)F)c2o1.O=C(/C=C/c1cccnc1)NCc1cc2cc(-c3ccc(C(=O)N4CCC(F)(F)CC4)cc3F)cc(C(F)(F)F)c2o1.O=C(O)CCc1cccnc1. The molecule has 4 aromatic heterocycles. The number of rotatable bonds is 12. The molecule has 8 aromatic rings. The summed E-state index contributed by atoms with van der Waals surface area (Å²) in [5.41, 5.74) is 3.35. The van der Waals surface area contributed by atoms with E-state index in [4.69, 9.17) is 19.7 Å². The number of furan rings is 2. The summed E-state index contributed by atoms with van der Waals surface area (Å²) in [5, 5.41) is 11.0. The number of nitrogens with zero attached hydrogens (tertiary/aromatic N) is 4. The first-order valence-corrected chi connectivity index (χ1v) is 26.0. The van der Waals surface area contributed by atoms with Gasteiger partial charge in [0.25, 0.3) is 23.7 Å². The molecular formula is C60H50F12N6O7. The number of aliphatic carboxylic acids is 1. The van der Waals surface area contributed by atoms with Gasteiger partial charge in [0.15, 0.2) is 0 Å². The van der Waals surface area contributed by atoms with E-state index < -0.39 is 107 Å². The number of alkyl halides is 10. The van der Waals surface area contributed by atoms with Crippen molar-refractivity contribution in [2.24, 2.45) is 5.73 Å². The third-order valence-electron chi connectivity index (χ3n) is 13.7. The van der Waals surface area contributed by atoms with E-state index in [-0.39, 0.29) is 101 Å². The van der Waals surface area contributed by atoms with Crippen molar-refractivity contribution in [3.63, 3.8) is 0 Å². The van der Waals surface area contributed by atoms with Crippen molar-refractivity contribution in [2.75, 3.05) is 26.2 Å².